The largest absolute Gasteiger partial charge is 0.477 e. The number of unbranched alkanes of at least 4 members (excludes halogenated alkanes) is 1. The molecule has 0 aliphatic rings. The minimum atomic E-state index is -0.0860. The maximum absolute atomic E-state index is 5.94. The Labute approximate surface area is 129 Å². The van der Waals surface area contributed by atoms with Crippen LogP contribution in [0, 0.1) is 5.92 Å². The lowest BCUT2D eigenvalue weighted by molar-refractivity contribution is 0.224. The molecule has 1 aromatic rings. The van der Waals surface area contributed by atoms with Crippen molar-refractivity contribution < 1.29 is 4.74 Å². The van der Waals surface area contributed by atoms with Crippen molar-refractivity contribution in [2.24, 2.45) is 5.92 Å². The van der Waals surface area contributed by atoms with Crippen LogP contribution in [0.3, 0.4) is 0 Å². The topological polar surface area (TPSA) is 47.0 Å². The fourth-order valence-corrected chi connectivity index (χ4v) is 2.06. The molecule has 1 aromatic heterocycles. The van der Waals surface area contributed by atoms with E-state index in [9.17, 15) is 0 Å². The first-order valence-electron chi connectivity index (χ1n) is 8.10. The van der Waals surface area contributed by atoms with E-state index >= 15 is 0 Å². The summed E-state index contributed by atoms with van der Waals surface area (Å²) >= 11 is 0. The maximum Gasteiger partial charge on any atom is 0.218 e. The zero-order valence-corrected chi connectivity index (χ0v) is 14.5. The van der Waals surface area contributed by atoms with Crippen LogP contribution in [-0.4, -0.2) is 23.6 Å². The molecule has 1 N–H and O–H groups in total. The van der Waals surface area contributed by atoms with E-state index in [1.54, 1.807) is 0 Å². The number of nitrogens with zero attached hydrogens (tertiary/aromatic N) is 2. The van der Waals surface area contributed by atoms with Gasteiger partial charge in [-0.15, -0.1) is 0 Å². The number of hydrogen-bond donors (Lipinski definition) is 1. The van der Waals surface area contributed by atoms with Crippen molar-refractivity contribution in [2.75, 3.05) is 19.0 Å². The summed E-state index contributed by atoms with van der Waals surface area (Å²) in [4.78, 5) is 9.08. The Bertz CT molecular complexity index is 427. The van der Waals surface area contributed by atoms with Crippen molar-refractivity contribution in [3.63, 3.8) is 0 Å². The minimum Gasteiger partial charge on any atom is -0.477 e. The van der Waals surface area contributed by atoms with Crippen LogP contribution in [0.1, 0.15) is 66.1 Å². The van der Waals surface area contributed by atoms with Gasteiger partial charge in [0.15, 0.2) is 0 Å². The second-order valence-electron chi connectivity index (χ2n) is 6.64. The van der Waals surface area contributed by atoms with E-state index in [4.69, 9.17) is 4.74 Å². The van der Waals surface area contributed by atoms with Gasteiger partial charge in [0, 0.05) is 18.5 Å². The summed E-state index contributed by atoms with van der Waals surface area (Å²) in [5.74, 6) is 2.91. The van der Waals surface area contributed by atoms with Crippen molar-refractivity contribution >= 4 is 5.82 Å². The van der Waals surface area contributed by atoms with Gasteiger partial charge in [-0.1, -0.05) is 53.9 Å². The monoisotopic (exact) mass is 293 g/mol. The van der Waals surface area contributed by atoms with Crippen LogP contribution in [0.4, 0.5) is 5.82 Å². The van der Waals surface area contributed by atoms with Gasteiger partial charge in [-0.3, -0.25) is 0 Å². The normalized spacial score (nSPS) is 13.0. The highest BCUT2D eigenvalue weighted by Crippen LogP contribution is 2.24. The standard InChI is InChI=1S/C17H31N3O/c1-7-9-10-13(8-2)12-21-15-11-14(18-6)19-16(20-15)17(3,4)5/h11,13H,7-10,12H2,1-6H3,(H,18,19,20). The smallest absolute Gasteiger partial charge is 0.218 e. The first kappa shape index (κ1) is 17.7. The molecule has 0 saturated carbocycles. The average Bonchev–Trinajstić information content (AvgIpc) is 2.46. The summed E-state index contributed by atoms with van der Waals surface area (Å²) in [6, 6.07) is 1.88. The summed E-state index contributed by atoms with van der Waals surface area (Å²) in [7, 11) is 1.87. The summed E-state index contributed by atoms with van der Waals surface area (Å²) in [6.07, 6.45) is 4.88. The van der Waals surface area contributed by atoms with Gasteiger partial charge in [-0.25, -0.2) is 4.98 Å². The molecule has 21 heavy (non-hydrogen) atoms. The van der Waals surface area contributed by atoms with Crippen LogP contribution in [0.5, 0.6) is 5.88 Å². The number of ether oxygens (including phenoxy) is 1. The molecule has 0 aromatic carbocycles. The molecule has 0 bridgehead atoms. The van der Waals surface area contributed by atoms with Crippen LogP contribution < -0.4 is 10.1 Å². The number of aromatic nitrogens is 2. The van der Waals surface area contributed by atoms with E-state index in [1.807, 2.05) is 13.1 Å². The molecule has 1 heterocycles. The molecule has 1 unspecified atom stereocenters. The predicted molar refractivity (Wildman–Crippen MR) is 89.1 cm³/mol. The van der Waals surface area contributed by atoms with E-state index in [-0.39, 0.29) is 5.41 Å². The predicted octanol–water partition coefficient (Wildman–Crippen LogP) is 4.41. The van der Waals surface area contributed by atoms with E-state index in [1.165, 1.54) is 19.3 Å². The highest BCUT2D eigenvalue weighted by molar-refractivity contribution is 5.38. The molecule has 0 aliphatic carbocycles. The molecule has 0 radical (unpaired) electrons. The zero-order chi connectivity index (χ0) is 15.9. The van der Waals surface area contributed by atoms with Crippen molar-refractivity contribution in [3.8, 4) is 5.88 Å². The third kappa shape index (κ3) is 5.90. The quantitative estimate of drug-likeness (QED) is 0.771. The SMILES string of the molecule is CCCCC(CC)COc1cc(NC)nc(C(C)(C)C)n1. The lowest BCUT2D eigenvalue weighted by Crippen LogP contribution is -2.18. The number of rotatable bonds is 8. The highest BCUT2D eigenvalue weighted by Gasteiger charge is 2.19. The molecule has 0 saturated heterocycles. The van der Waals surface area contributed by atoms with Crippen LogP contribution in [-0.2, 0) is 5.41 Å². The van der Waals surface area contributed by atoms with Crippen molar-refractivity contribution in [1.82, 2.24) is 9.97 Å². The van der Waals surface area contributed by atoms with E-state index in [0.29, 0.717) is 11.8 Å². The number of anilines is 1. The third-order valence-electron chi connectivity index (χ3n) is 3.64. The van der Waals surface area contributed by atoms with Gasteiger partial charge in [-0.2, -0.15) is 4.98 Å². The number of nitrogens with one attached hydrogen (secondary N) is 1. The molecule has 120 valence electrons. The lowest BCUT2D eigenvalue weighted by atomic mass is 9.96. The van der Waals surface area contributed by atoms with Gasteiger partial charge < -0.3 is 10.1 Å². The third-order valence-corrected chi connectivity index (χ3v) is 3.64. The van der Waals surface area contributed by atoms with Crippen LogP contribution in [0.25, 0.3) is 0 Å². The van der Waals surface area contributed by atoms with E-state index in [2.05, 4.69) is 49.9 Å². The molecular weight excluding hydrogens is 262 g/mol. The van der Waals surface area contributed by atoms with Crippen LogP contribution in [0.2, 0.25) is 0 Å². The molecule has 0 amide bonds. The van der Waals surface area contributed by atoms with E-state index in [0.717, 1.165) is 24.7 Å². The molecular formula is C17H31N3O. The second-order valence-corrected chi connectivity index (χ2v) is 6.64. The summed E-state index contributed by atoms with van der Waals surface area (Å²) in [5, 5.41) is 3.08. The Hall–Kier alpha value is -1.32. The second kappa shape index (κ2) is 8.20. The molecule has 0 spiro atoms. The molecule has 4 nitrogen and oxygen atoms in total. The van der Waals surface area contributed by atoms with Crippen molar-refractivity contribution in [1.29, 1.82) is 0 Å². The van der Waals surface area contributed by atoms with Crippen LogP contribution in [0.15, 0.2) is 6.07 Å². The fraction of sp³-hybridized carbons (Fsp3) is 0.765. The average molecular weight is 293 g/mol. The van der Waals surface area contributed by atoms with Gasteiger partial charge in [-0.05, 0) is 12.3 Å². The summed E-state index contributed by atoms with van der Waals surface area (Å²) in [6.45, 7) is 11.5. The Balaban J connectivity index is 2.78. The first-order valence-corrected chi connectivity index (χ1v) is 8.10. The van der Waals surface area contributed by atoms with E-state index < -0.39 is 0 Å². The highest BCUT2D eigenvalue weighted by atomic mass is 16.5. The first-order chi connectivity index (χ1) is 9.90. The fourth-order valence-electron chi connectivity index (χ4n) is 2.06. The lowest BCUT2D eigenvalue weighted by Gasteiger charge is -2.20. The summed E-state index contributed by atoms with van der Waals surface area (Å²) < 4.78 is 5.94. The van der Waals surface area contributed by atoms with Gasteiger partial charge in [0.25, 0.3) is 0 Å². The minimum absolute atomic E-state index is 0.0860. The van der Waals surface area contributed by atoms with Crippen molar-refractivity contribution in [3.05, 3.63) is 11.9 Å². The Kier molecular flexibility index (Phi) is 6.93. The Morgan fingerprint density at radius 1 is 1.24 bits per heavy atom. The van der Waals surface area contributed by atoms with Crippen molar-refractivity contribution in [2.45, 2.75) is 65.7 Å². The maximum atomic E-state index is 5.94. The molecule has 4 heteroatoms. The molecule has 1 atom stereocenters. The zero-order valence-electron chi connectivity index (χ0n) is 14.5. The summed E-state index contributed by atoms with van der Waals surface area (Å²) in [5.41, 5.74) is -0.0860. The van der Waals surface area contributed by atoms with Crippen LogP contribution >= 0.6 is 0 Å². The number of hydrogen-bond acceptors (Lipinski definition) is 4. The van der Waals surface area contributed by atoms with Gasteiger partial charge in [0.1, 0.15) is 11.6 Å². The Morgan fingerprint density at radius 3 is 2.48 bits per heavy atom. The molecule has 1 rings (SSSR count). The Morgan fingerprint density at radius 2 is 1.95 bits per heavy atom. The van der Waals surface area contributed by atoms with Gasteiger partial charge >= 0.3 is 0 Å². The molecule has 0 aliphatic heterocycles. The molecule has 0 fully saturated rings. The van der Waals surface area contributed by atoms with Gasteiger partial charge in [0.2, 0.25) is 5.88 Å². The van der Waals surface area contributed by atoms with Gasteiger partial charge in [0.05, 0.1) is 6.61 Å².